The summed E-state index contributed by atoms with van der Waals surface area (Å²) >= 11 is 0. The number of rotatable bonds is 7. The van der Waals surface area contributed by atoms with Crippen molar-refractivity contribution in [3.63, 3.8) is 0 Å². The number of nitrogens with one attached hydrogen (secondary N) is 1. The zero-order valence-corrected chi connectivity index (χ0v) is 10.3. The van der Waals surface area contributed by atoms with Gasteiger partial charge in [0.25, 0.3) is 0 Å². The Morgan fingerprint density at radius 1 is 1.53 bits per heavy atom. The Hall–Kier alpha value is -0.610. The fourth-order valence-corrected chi connectivity index (χ4v) is 1.98. The van der Waals surface area contributed by atoms with Crippen LogP contribution in [0, 0.1) is 0 Å². The molecule has 1 atom stereocenters. The van der Waals surface area contributed by atoms with Gasteiger partial charge in [0.2, 0.25) is 0 Å². The van der Waals surface area contributed by atoms with E-state index in [0.717, 1.165) is 31.8 Å². The van der Waals surface area contributed by atoms with Crippen LogP contribution in [0.15, 0.2) is 18.5 Å². The first-order valence-electron chi connectivity index (χ1n) is 5.37. The first-order valence-corrected chi connectivity index (χ1v) is 7.10. The van der Waals surface area contributed by atoms with Crippen molar-refractivity contribution >= 4 is 10.8 Å². The molecule has 1 rings (SSSR count). The Morgan fingerprint density at radius 3 is 2.93 bits per heavy atom. The quantitative estimate of drug-likeness (QED) is 0.715. The monoisotopic (exact) mass is 228 g/mol. The minimum Gasteiger partial charge on any atom is -0.354 e. The summed E-state index contributed by atoms with van der Waals surface area (Å²) in [5.41, 5.74) is 1.31. The fourth-order valence-electron chi connectivity index (χ4n) is 1.42. The first kappa shape index (κ1) is 12.5. The van der Waals surface area contributed by atoms with Gasteiger partial charge in [-0.2, -0.15) is 0 Å². The Balaban J connectivity index is 2.12. The minimum atomic E-state index is -0.655. The van der Waals surface area contributed by atoms with E-state index in [9.17, 15) is 4.21 Å². The van der Waals surface area contributed by atoms with Crippen molar-refractivity contribution in [3.8, 4) is 0 Å². The maximum Gasteiger partial charge on any atom is 0.0244 e. The van der Waals surface area contributed by atoms with Gasteiger partial charge in [0.05, 0.1) is 0 Å². The van der Waals surface area contributed by atoms with Crippen LogP contribution in [0.4, 0.5) is 0 Å². The van der Waals surface area contributed by atoms with E-state index < -0.39 is 10.8 Å². The van der Waals surface area contributed by atoms with Crippen molar-refractivity contribution in [3.05, 3.63) is 24.0 Å². The molecular weight excluding hydrogens is 208 g/mol. The molecule has 0 radical (unpaired) electrons. The van der Waals surface area contributed by atoms with Gasteiger partial charge < -0.3 is 9.88 Å². The van der Waals surface area contributed by atoms with Crippen molar-refractivity contribution in [2.24, 2.45) is 0 Å². The average molecular weight is 228 g/mol. The lowest BCUT2D eigenvalue weighted by Gasteiger charge is -2.01. The summed E-state index contributed by atoms with van der Waals surface area (Å²) in [6.45, 7) is 5.00. The summed E-state index contributed by atoms with van der Waals surface area (Å²) in [7, 11) is -0.655. The van der Waals surface area contributed by atoms with Crippen LogP contribution in [0.25, 0.3) is 0 Å². The molecule has 3 nitrogen and oxygen atoms in total. The van der Waals surface area contributed by atoms with Crippen LogP contribution in [0.2, 0.25) is 0 Å². The van der Waals surface area contributed by atoms with Gasteiger partial charge in [-0.25, -0.2) is 0 Å². The van der Waals surface area contributed by atoms with Gasteiger partial charge in [-0.05, 0) is 31.5 Å². The lowest BCUT2D eigenvalue weighted by molar-refractivity contribution is 0.660. The second kappa shape index (κ2) is 6.80. The summed E-state index contributed by atoms with van der Waals surface area (Å²) in [5, 5.41) is 3.35. The highest BCUT2D eigenvalue weighted by atomic mass is 32.2. The fraction of sp³-hybridized carbons (Fsp3) is 0.636. The van der Waals surface area contributed by atoms with Gasteiger partial charge in [0.15, 0.2) is 0 Å². The van der Waals surface area contributed by atoms with Crippen molar-refractivity contribution in [1.29, 1.82) is 0 Å². The van der Waals surface area contributed by atoms with E-state index >= 15 is 0 Å². The normalized spacial score (nSPS) is 12.9. The summed E-state index contributed by atoms with van der Waals surface area (Å²) in [4.78, 5) is 0. The summed E-state index contributed by atoms with van der Waals surface area (Å²) in [6.07, 6.45) is 6.99. The largest absolute Gasteiger partial charge is 0.354 e. The van der Waals surface area contributed by atoms with Gasteiger partial charge in [-0.3, -0.25) is 4.21 Å². The predicted octanol–water partition coefficient (Wildman–Crippen LogP) is 1.37. The smallest absolute Gasteiger partial charge is 0.0244 e. The average Bonchev–Trinajstić information content (AvgIpc) is 2.65. The van der Waals surface area contributed by atoms with Crippen LogP contribution < -0.4 is 5.32 Å². The number of hydrogen-bond acceptors (Lipinski definition) is 2. The van der Waals surface area contributed by atoms with E-state index in [1.54, 1.807) is 6.26 Å². The molecule has 0 aliphatic carbocycles. The molecular formula is C11H20N2OS. The maximum absolute atomic E-state index is 10.8. The lowest BCUT2D eigenvalue weighted by atomic mass is 10.3. The molecule has 0 fully saturated rings. The Morgan fingerprint density at radius 2 is 2.33 bits per heavy atom. The molecule has 0 bridgehead atoms. The number of aromatic nitrogens is 1. The molecule has 4 heteroatoms. The van der Waals surface area contributed by atoms with E-state index in [2.05, 4.69) is 35.3 Å². The Kier molecular flexibility index (Phi) is 5.65. The SMILES string of the molecule is CCn1ccc(CNCCCS(C)=O)c1. The third kappa shape index (κ3) is 5.14. The molecule has 0 aliphatic rings. The van der Waals surface area contributed by atoms with E-state index in [1.165, 1.54) is 5.56 Å². The molecule has 0 aromatic carbocycles. The van der Waals surface area contributed by atoms with Gasteiger partial charge in [0.1, 0.15) is 0 Å². The molecule has 1 heterocycles. The molecule has 1 N–H and O–H groups in total. The highest BCUT2D eigenvalue weighted by Crippen LogP contribution is 2.00. The zero-order chi connectivity index (χ0) is 11.1. The topological polar surface area (TPSA) is 34.0 Å². The van der Waals surface area contributed by atoms with Crippen LogP contribution in [0.3, 0.4) is 0 Å². The van der Waals surface area contributed by atoms with Crippen LogP contribution in [-0.2, 0) is 23.9 Å². The van der Waals surface area contributed by atoms with Crippen molar-refractivity contribution in [2.45, 2.75) is 26.4 Å². The van der Waals surface area contributed by atoms with Gasteiger partial charge in [-0.1, -0.05) is 0 Å². The second-order valence-corrected chi connectivity index (χ2v) is 5.21. The van der Waals surface area contributed by atoms with Gasteiger partial charge in [0, 0.05) is 48.3 Å². The summed E-state index contributed by atoms with van der Waals surface area (Å²) in [6, 6.07) is 2.13. The molecule has 0 spiro atoms. The van der Waals surface area contributed by atoms with Crippen molar-refractivity contribution in [2.75, 3.05) is 18.6 Å². The lowest BCUT2D eigenvalue weighted by Crippen LogP contribution is -2.16. The Bertz CT molecular complexity index is 309. The molecule has 0 aliphatic heterocycles. The Labute approximate surface area is 94.3 Å². The third-order valence-corrected chi connectivity index (χ3v) is 3.15. The molecule has 0 amide bonds. The molecule has 86 valence electrons. The first-order chi connectivity index (χ1) is 7.22. The van der Waals surface area contributed by atoms with E-state index in [0.29, 0.717) is 0 Å². The van der Waals surface area contributed by atoms with E-state index in [1.807, 2.05) is 0 Å². The van der Waals surface area contributed by atoms with Crippen molar-refractivity contribution < 1.29 is 4.21 Å². The standard InChI is InChI=1S/C11H20N2OS/c1-3-13-7-5-11(10-13)9-12-6-4-8-15(2)14/h5,7,10,12H,3-4,6,8-9H2,1-2H3. The van der Waals surface area contributed by atoms with Crippen LogP contribution >= 0.6 is 0 Å². The highest BCUT2D eigenvalue weighted by molar-refractivity contribution is 7.84. The summed E-state index contributed by atoms with van der Waals surface area (Å²) in [5.74, 6) is 0.795. The molecule has 1 aromatic rings. The van der Waals surface area contributed by atoms with Crippen LogP contribution in [0.1, 0.15) is 18.9 Å². The third-order valence-electron chi connectivity index (χ3n) is 2.29. The zero-order valence-electron chi connectivity index (χ0n) is 9.53. The van der Waals surface area contributed by atoms with Crippen LogP contribution in [0.5, 0.6) is 0 Å². The van der Waals surface area contributed by atoms with Gasteiger partial charge in [-0.15, -0.1) is 0 Å². The van der Waals surface area contributed by atoms with Crippen molar-refractivity contribution in [1.82, 2.24) is 9.88 Å². The molecule has 1 aromatic heterocycles. The maximum atomic E-state index is 10.8. The van der Waals surface area contributed by atoms with E-state index in [-0.39, 0.29) is 0 Å². The summed E-state index contributed by atoms with van der Waals surface area (Å²) < 4.78 is 13.0. The predicted molar refractivity (Wildman–Crippen MR) is 65.4 cm³/mol. The molecule has 0 saturated heterocycles. The second-order valence-electron chi connectivity index (χ2n) is 3.66. The molecule has 15 heavy (non-hydrogen) atoms. The number of aryl methyl sites for hydroxylation is 1. The number of hydrogen-bond donors (Lipinski definition) is 1. The molecule has 0 saturated carbocycles. The number of nitrogens with zero attached hydrogens (tertiary/aromatic N) is 1. The molecule has 1 unspecified atom stereocenters. The highest BCUT2D eigenvalue weighted by Gasteiger charge is 1.95. The van der Waals surface area contributed by atoms with Crippen LogP contribution in [-0.4, -0.2) is 27.3 Å². The minimum absolute atomic E-state index is 0.655. The van der Waals surface area contributed by atoms with E-state index in [4.69, 9.17) is 0 Å². The van der Waals surface area contributed by atoms with Gasteiger partial charge >= 0.3 is 0 Å².